The van der Waals surface area contributed by atoms with Gasteiger partial charge in [0.15, 0.2) is 0 Å². The molecule has 30 heavy (non-hydrogen) atoms. The Balaban J connectivity index is 0.00000225. The van der Waals surface area contributed by atoms with E-state index in [1.165, 1.54) is 22.2 Å². The minimum atomic E-state index is 0. The van der Waals surface area contributed by atoms with E-state index < -0.39 is 0 Å². The van der Waals surface area contributed by atoms with E-state index >= 15 is 0 Å². The summed E-state index contributed by atoms with van der Waals surface area (Å²) in [5, 5.41) is 6.32. The molecule has 166 valence electrons. The lowest BCUT2D eigenvalue weighted by atomic mass is 10.1. The lowest BCUT2D eigenvalue weighted by molar-refractivity contribution is 0.302. The van der Waals surface area contributed by atoms with Gasteiger partial charge in [0.2, 0.25) is 0 Å². The molecule has 7 heteroatoms. The van der Waals surface area contributed by atoms with Gasteiger partial charge in [-0.15, -0.1) is 24.8 Å². The fourth-order valence-electron chi connectivity index (χ4n) is 3.74. The van der Waals surface area contributed by atoms with Crippen LogP contribution in [0, 0.1) is 6.92 Å². The van der Waals surface area contributed by atoms with E-state index in [9.17, 15) is 0 Å². The third kappa shape index (κ3) is 6.29. The van der Waals surface area contributed by atoms with Crippen LogP contribution in [0.5, 0.6) is 0 Å². The summed E-state index contributed by atoms with van der Waals surface area (Å²) in [5.41, 5.74) is 4.96. The lowest BCUT2D eigenvalue weighted by Crippen LogP contribution is -2.31. The molecule has 0 saturated heterocycles. The summed E-state index contributed by atoms with van der Waals surface area (Å²) in [4.78, 5) is 2.44. The first-order chi connectivity index (χ1) is 13.5. The van der Waals surface area contributed by atoms with Crippen LogP contribution in [-0.2, 0) is 13.1 Å². The molecule has 2 aromatic carbocycles. The maximum absolute atomic E-state index is 6.43. The van der Waals surface area contributed by atoms with Crippen LogP contribution in [-0.4, -0.2) is 35.6 Å². The molecule has 0 amide bonds. The molecule has 0 aliphatic heterocycles. The van der Waals surface area contributed by atoms with E-state index in [1.54, 1.807) is 0 Å². The summed E-state index contributed by atoms with van der Waals surface area (Å²) >= 11 is 12.5. The minimum absolute atomic E-state index is 0. The molecule has 3 nitrogen and oxygen atoms in total. The largest absolute Gasteiger partial charge is 0.340 e. The minimum Gasteiger partial charge on any atom is -0.340 e. The Bertz CT molecular complexity index is 936. The van der Waals surface area contributed by atoms with Crippen molar-refractivity contribution in [1.29, 1.82) is 0 Å². The molecule has 0 unspecified atom stereocenters. The third-order valence-corrected chi connectivity index (χ3v) is 6.09. The van der Waals surface area contributed by atoms with Crippen molar-refractivity contribution in [3.05, 3.63) is 69.3 Å². The van der Waals surface area contributed by atoms with Crippen LogP contribution in [0.4, 0.5) is 0 Å². The molecular formula is C23H31Cl4N3. The lowest BCUT2D eigenvalue weighted by Gasteiger charge is -2.18. The predicted molar refractivity (Wildman–Crippen MR) is 136 cm³/mol. The average molecular weight is 491 g/mol. The summed E-state index contributed by atoms with van der Waals surface area (Å²) in [6.45, 7) is 12.5. The number of aromatic nitrogens is 1. The van der Waals surface area contributed by atoms with Crippen molar-refractivity contribution < 1.29 is 0 Å². The Morgan fingerprint density at radius 2 is 1.70 bits per heavy atom. The van der Waals surface area contributed by atoms with Gasteiger partial charge >= 0.3 is 0 Å². The third-order valence-electron chi connectivity index (χ3n) is 5.51. The molecule has 0 saturated carbocycles. The van der Waals surface area contributed by atoms with Gasteiger partial charge in [-0.1, -0.05) is 61.3 Å². The summed E-state index contributed by atoms with van der Waals surface area (Å²) in [5.74, 6) is 0. The van der Waals surface area contributed by atoms with E-state index in [-0.39, 0.29) is 24.8 Å². The first-order valence-corrected chi connectivity index (χ1v) is 10.7. The maximum Gasteiger partial charge on any atom is 0.0493 e. The van der Waals surface area contributed by atoms with Gasteiger partial charge in [0.1, 0.15) is 0 Å². The number of nitrogens with one attached hydrogen (secondary N) is 1. The van der Waals surface area contributed by atoms with Crippen molar-refractivity contribution >= 4 is 58.9 Å². The number of benzene rings is 2. The number of likely N-dealkylation sites (N-methyl/N-ethyl adjacent to an activating group) is 1. The standard InChI is InChI=1S/C23H29Cl2N3.2ClH/c1-4-27(5-2)13-12-26-15-21-17(3)28(23-9-7-6-8-20(21)23)16-18-10-11-19(24)14-22(18)25;;/h6-11,14,26H,4-5,12-13,15-16H2,1-3H3;2*1H. The van der Waals surface area contributed by atoms with E-state index in [4.69, 9.17) is 23.2 Å². The second kappa shape index (κ2) is 12.8. The van der Waals surface area contributed by atoms with Crippen LogP contribution >= 0.6 is 48.0 Å². The van der Waals surface area contributed by atoms with Crippen molar-refractivity contribution in [3.8, 4) is 0 Å². The molecule has 0 bridgehead atoms. The van der Waals surface area contributed by atoms with Gasteiger partial charge in [-0.05, 0) is 49.3 Å². The predicted octanol–water partition coefficient (Wildman–Crippen LogP) is 6.58. The van der Waals surface area contributed by atoms with Gasteiger partial charge in [-0.2, -0.15) is 0 Å². The van der Waals surface area contributed by atoms with Crippen molar-refractivity contribution in [2.45, 2.75) is 33.9 Å². The molecule has 0 fully saturated rings. The monoisotopic (exact) mass is 489 g/mol. The van der Waals surface area contributed by atoms with E-state index in [2.05, 4.69) is 59.8 Å². The molecular weight excluding hydrogens is 460 g/mol. The first kappa shape index (κ1) is 27.1. The zero-order chi connectivity index (χ0) is 20.1. The number of hydrogen-bond donors (Lipinski definition) is 1. The van der Waals surface area contributed by atoms with Crippen LogP contribution < -0.4 is 5.32 Å². The summed E-state index contributed by atoms with van der Waals surface area (Å²) in [7, 11) is 0. The van der Waals surface area contributed by atoms with Crippen LogP contribution in [0.3, 0.4) is 0 Å². The van der Waals surface area contributed by atoms with Gasteiger partial charge in [-0.3, -0.25) is 0 Å². The zero-order valence-corrected chi connectivity index (χ0v) is 20.9. The van der Waals surface area contributed by atoms with Crippen LogP contribution in [0.1, 0.15) is 30.7 Å². The van der Waals surface area contributed by atoms with Crippen LogP contribution in [0.2, 0.25) is 10.0 Å². The number of nitrogens with zero attached hydrogens (tertiary/aromatic N) is 2. The highest BCUT2D eigenvalue weighted by atomic mass is 35.5. The van der Waals surface area contributed by atoms with Gasteiger partial charge in [-0.25, -0.2) is 0 Å². The molecule has 0 radical (unpaired) electrons. The molecule has 1 heterocycles. The molecule has 0 spiro atoms. The molecule has 0 aliphatic carbocycles. The fourth-order valence-corrected chi connectivity index (χ4v) is 4.21. The Kier molecular flexibility index (Phi) is 11.6. The molecule has 1 aromatic heterocycles. The summed E-state index contributed by atoms with van der Waals surface area (Å²) < 4.78 is 2.35. The normalized spacial score (nSPS) is 10.9. The van der Waals surface area contributed by atoms with Gasteiger partial charge in [0.05, 0.1) is 0 Å². The Morgan fingerprint density at radius 1 is 1.00 bits per heavy atom. The smallest absolute Gasteiger partial charge is 0.0493 e. The fraction of sp³-hybridized carbons (Fsp3) is 0.391. The summed E-state index contributed by atoms with van der Waals surface area (Å²) in [6.07, 6.45) is 0. The number of hydrogen-bond acceptors (Lipinski definition) is 2. The molecule has 0 aliphatic rings. The highest BCUT2D eigenvalue weighted by molar-refractivity contribution is 6.35. The number of halogens is 4. The molecule has 3 aromatic rings. The van der Waals surface area contributed by atoms with E-state index in [0.717, 1.165) is 44.8 Å². The first-order valence-electron chi connectivity index (χ1n) is 9.98. The van der Waals surface area contributed by atoms with Crippen LogP contribution in [0.15, 0.2) is 42.5 Å². The van der Waals surface area contributed by atoms with Gasteiger partial charge < -0.3 is 14.8 Å². The SMILES string of the molecule is CCN(CC)CCNCc1c(C)n(Cc2ccc(Cl)cc2Cl)c2ccccc12.Cl.Cl. The van der Waals surface area contributed by atoms with E-state index in [1.807, 2.05) is 18.2 Å². The van der Waals surface area contributed by atoms with Crippen molar-refractivity contribution in [2.24, 2.45) is 0 Å². The van der Waals surface area contributed by atoms with E-state index in [0.29, 0.717) is 10.0 Å². The Morgan fingerprint density at radius 3 is 2.37 bits per heavy atom. The molecule has 0 atom stereocenters. The number of fused-ring (bicyclic) bond motifs is 1. The average Bonchev–Trinajstić information content (AvgIpc) is 2.96. The van der Waals surface area contributed by atoms with Crippen molar-refractivity contribution in [2.75, 3.05) is 26.2 Å². The highest BCUT2D eigenvalue weighted by Crippen LogP contribution is 2.29. The van der Waals surface area contributed by atoms with Crippen molar-refractivity contribution in [3.63, 3.8) is 0 Å². The van der Waals surface area contributed by atoms with Crippen LogP contribution in [0.25, 0.3) is 10.9 Å². The second-order valence-corrected chi connectivity index (χ2v) is 7.95. The van der Waals surface area contributed by atoms with Gasteiger partial charge in [0.25, 0.3) is 0 Å². The topological polar surface area (TPSA) is 20.2 Å². The Labute approximate surface area is 202 Å². The van der Waals surface area contributed by atoms with Crippen molar-refractivity contribution in [1.82, 2.24) is 14.8 Å². The molecule has 1 N–H and O–H groups in total. The Hall–Kier alpha value is -0.940. The summed E-state index contributed by atoms with van der Waals surface area (Å²) in [6, 6.07) is 14.3. The van der Waals surface area contributed by atoms with Gasteiger partial charge in [0, 0.05) is 52.8 Å². The maximum atomic E-state index is 6.43. The quantitative estimate of drug-likeness (QED) is 0.342. The highest BCUT2D eigenvalue weighted by Gasteiger charge is 2.15. The second-order valence-electron chi connectivity index (χ2n) is 7.11. The zero-order valence-electron chi connectivity index (χ0n) is 17.8. The number of para-hydroxylation sites is 1. The number of rotatable bonds is 9. The molecule has 3 rings (SSSR count).